The molecule has 1 aromatic rings. The van der Waals surface area contributed by atoms with E-state index in [4.69, 9.17) is 0 Å². The van der Waals surface area contributed by atoms with Crippen LogP contribution in [0.15, 0.2) is 16.6 Å². The molecule has 0 aliphatic heterocycles. The standard InChI is InChI=1S/C10H11BrO3/c1-6(5-12)4-7-2-3-8(13)9(11)10(7)14/h2-3,5-6,13-14H,4H2,1H3. The summed E-state index contributed by atoms with van der Waals surface area (Å²) in [7, 11) is 0. The van der Waals surface area contributed by atoms with Crippen LogP contribution < -0.4 is 0 Å². The van der Waals surface area contributed by atoms with Gasteiger partial charge in [0, 0.05) is 5.92 Å². The second-order valence-electron chi connectivity index (χ2n) is 3.22. The van der Waals surface area contributed by atoms with E-state index < -0.39 is 0 Å². The van der Waals surface area contributed by atoms with Crippen molar-refractivity contribution in [2.75, 3.05) is 0 Å². The summed E-state index contributed by atoms with van der Waals surface area (Å²) >= 11 is 3.05. The van der Waals surface area contributed by atoms with Crippen LogP contribution in [0, 0.1) is 5.92 Å². The fourth-order valence-corrected chi connectivity index (χ4v) is 1.54. The van der Waals surface area contributed by atoms with Crippen LogP contribution in [0.25, 0.3) is 0 Å². The Morgan fingerprint density at radius 1 is 1.50 bits per heavy atom. The smallest absolute Gasteiger partial charge is 0.136 e. The van der Waals surface area contributed by atoms with Gasteiger partial charge >= 0.3 is 0 Å². The number of hydrogen-bond acceptors (Lipinski definition) is 3. The van der Waals surface area contributed by atoms with E-state index in [1.165, 1.54) is 6.07 Å². The van der Waals surface area contributed by atoms with Crippen molar-refractivity contribution in [1.82, 2.24) is 0 Å². The van der Waals surface area contributed by atoms with Gasteiger partial charge in [-0.15, -0.1) is 0 Å². The molecule has 0 fully saturated rings. The highest BCUT2D eigenvalue weighted by Crippen LogP contribution is 2.36. The number of rotatable bonds is 3. The van der Waals surface area contributed by atoms with E-state index in [-0.39, 0.29) is 21.9 Å². The normalized spacial score (nSPS) is 12.4. The van der Waals surface area contributed by atoms with Crippen molar-refractivity contribution in [2.24, 2.45) is 5.92 Å². The van der Waals surface area contributed by atoms with Crippen molar-refractivity contribution in [3.05, 3.63) is 22.2 Å². The summed E-state index contributed by atoms with van der Waals surface area (Å²) in [6, 6.07) is 3.09. The van der Waals surface area contributed by atoms with Gasteiger partial charge in [-0.2, -0.15) is 0 Å². The molecule has 76 valence electrons. The molecule has 0 aliphatic carbocycles. The molecule has 3 nitrogen and oxygen atoms in total. The average molecular weight is 259 g/mol. The molecule has 1 atom stereocenters. The average Bonchev–Trinajstić information content (AvgIpc) is 2.19. The Balaban J connectivity index is 2.99. The summed E-state index contributed by atoms with van der Waals surface area (Å²) in [5.41, 5.74) is 0.647. The number of halogens is 1. The van der Waals surface area contributed by atoms with Gasteiger partial charge in [0.05, 0.1) is 0 Å². The molecule has 1 unspecified atom stereocenters. The van der Waals surface area contributed by atoms with E-state index in [9.17, 15) is 15.0 Å². The molecular formula is C10H11BrO3. The summed E-state index contributed by atoms with van der Waals surface area (Å²) in [5, 5.41) is 18.8. The maximum absolute atomic E-state index is 10.4. The largest absolute Gasteiger partial charge is 0.507 e. The minimum absolute atomic E-state index is 0.00120. The van der Waals surface area contributed by atoms with E-state index in [1.54, 1.807) is 13.0 Å². The molecule has 0 aromatic heterocycles. The van der Waals surface area contributed by atoms with Gasteiger partial charge in [-0.05, 0) is 34.0 Å². The topological polar surface area (TPSA) is 57.5 Å². The summed E-state index contributed by atoms with van der Waals surface area (Å²) in [5.74, 6) is -0.152. The Morgan fingerprint density at radius 3 is 2.71 bits per heavy atom. The van der Waals surface area contributed by atoms with Gasteiger partial charge in [-0.3, -0.25) is 0 Å². The van der Waals surface area contributed by atoms with Gasteiger partial charge in [-0.1, -0.05) is 13.0 Å². The van der Waals surface area contributed by atoms with Crippen molar-refractivity contribution >= 4 is 22.2 Å². The number of carbonyl (C=O) groups is 1. The van der Waals surface area contributed by atoms with Crippen LogP contribution in [0.1, 0.15) is 12.5 Å². The van der Waals surface area contributed by atoms with Gasteiger partial charge in [0.1, 0.15) is 22.3 Å². The van der Waals surface area contributed by atoms with Gasteiger partial charge in [0.15, 0.2) is 0 Å². The van der Waals surface area contributed by atoms with Crippen LogP contribution in [-0.2, 0) is 11.2 Å². The molecule has 1 rings (SSSR count). The molecule has 0 amide bonds. The summed E-state index contributed by atoms with van der Waals surface area (Å²) < 4.78 is 0.271. The Hall–Kier alpha value is -1.03. The van der Waals surface area contributed by atoms with Gasteiger partial charge in [0.25, 0.3) is 0 Å². The summed E-state index contributed by atoms with van der Waals surface area (Å²) in [4.78, 5) is 10.4. The molecule has 0 bridgehead atoms. The third-order valence-corrected chi connectivity index (χ3v) is 2.74. The number of carbonyl (C=O) groups excluding carboxylic acids is 1. The maximum Gasteiger partial charge on any atom is 0.136 e. The Bertz CT molecular complexity index is 349. The van der Waals surface area contributed by atoms with E-state index >= 15 is 0 Å². The second-order valence-corrected chi connectivity index (χ2v) is 4.02. The Morgan fingerprint density at radius 2 is 2.14 bits per heavy atom. The second kappa shape index (κ2) is 4.46. The van der Waals surface area contributed by atoms with Crippen molar-refractivity contribution in [3.8, 4) is 11.5 Å². The lowest BCUT2D eigenvalue weighted by molar-refractivity contribution is -0.110. The van der Waals surface area contributed by atoms with Crippen LogP contribution in [0.5, 0.6) is 11.5 Å². The number of phenols is 2. The minimum atomic E-state index is -0.141. The zero-order chi connectivity index (χ0) is 10.7. The van der Waals surface area contributed by atoms with Crippen LogP contribution in [-0.4, -0.2) is 16.5 Å². The quantitative estimate of drug-likeness (QED) is 0.818. The predicted octanol–water partition coefficient (Wildman–Crippen LogP) is 2.24. The first kappa shape index (κ1) is 11.0. The highest BCUT2D eigenvalue weighted by atomic mass is 79.9. The third kappa shape index (κ3) is 2.26. The molecule has 0 aliphatic rings. The fourth-order valence-electron chi connectivity index (χ4n) is 1.15. The zero-order valence-corrected chi connectivity index (χ0v) is 9.28. The Labute approximate surface area is 90.5 Å². The molecule has 14 heavy (non-hydrogen) atoms. The monoisotopic (exact) mass is 258 g/mol. The molecule has 1 aromatic carbocycles. The first-order valence-electron chi connectivity index (χ1n) is 4.21. The van der Waals surface area contributed by atoms with Crippen LogP contribution in [0.4, 0.5) is 0 Å². The number of aldehydes is 1. The maximum atomic E-state index is 10.4. The van der Waals surface area contributed by atoms with Crippen molar-refractivity contribution in [3.63, 3.8) is 0 Å². The number of benzene rings is 1. The number of phenolic OH excluding ortho intramolecular Hbond substituents is 2. The predicted molar refractivity (Wildman–Crippen MR) is 56.4 cm³/mol. The Kier molecular flexibility index (Phi) is 3.52. The summed E-state index contributed by atoms with van der Waals surface area (Å²) in [6.45, 7) is 1.77. The molecule has 4 heteroatoms. The molecule has 2 N–H and O–H groups in total. The molecule has 0 saturated carbocycles. The van der Waals surface area contributed by atoms with E-state index in [0.29, 0.717) is 12.0 Å². The molecule has 0 saturated heterocycles. The zero-order valence-electron chi connectivity index (χ0n) is 7.70. The van der Waals surface area contributed by atoms with Crippen LogP contribution in [0.2, 0.25) is 0 Å². The van der Waals surface area contributed by atoms with Crippen molar-refractivity contribution < 1.29 is 15.0 Å². The van der Waals surface area contributed by atoms with E-state index in [0.717, 1.165) is 6.29 Å². The minimum Gasteiger partial charge on any atom is -0.507 e. The first-order valence-corrected chi connectivity index (χ1v) is 5.00. The lowest BCUT2D eigenvalue weighted by atomic mass is 10.0. The molecular weight excluding hydrogens is 248 g/mol. The van der Waals surface area contributed by atoms with Crippen LogP contribution >= 0.6 is 15.9 Å². The SMILES string of the molecule is CC(C=O)Cc1ccc(O)c(Br)c1O. The first-order chi connectivity index (χ1) is 6.56. The lowest BCUT2D eigenvalue weighted by Gasteiger charge is -2.08. The fraction of sp³-hybridized carbons (Fsp3) is 0.300. The molecule has 0 heterocycles. The van der Waals surface area contributed by atoms with Crippen molar-refractivity contribution in [1.29, 1.82) is 0 Å². The van der Waals surface area contributed by atoms with Crippen molar-refractivity contribution in [2.45, 2.75) is 13.3 Å². The van der Waals surface area contributed by atoms with Crippen LogP contribution in [0.3, 0.4) is 0 Å². The highest BCUT2D eigenvalue weighted by Gasteiger charge is 2.11. The molecule has 0 spiro atoms. The van der Waals surface area contributed by atoms with Gasteiger partial charge in [0.2, 0.25) is 0 Å². The summed E-state index contributed by atoms with van der Waals surface area (Å²) in [6.07, 6.45) is 1.30. The number of hydrogen-bond donors (Lipinski definition) is 2. The highest BCUT2D eigenvalue weighted by molar-refractivity contribution is 9.10. The third-order valence-electron chi connectivity index (χ3n) is 1.95. The van der Waals surface area contributed by atoms with Gasteiger partial charge < -0.3 is 15.0 Å². The van der Waals surface area contributed by atoms with E-state index in [2.05, 4.69) is 15.9 Å². The van der Waals surface area contributed by atoms with E-state index in [1.807, 2.05) is 0 Å². The van der Waals surface area contributed by atoms with Gasteiger partial charge in [-0.25, -0.2) is 0 Å². The lowest BCUT2D eigenvalue weighted by Crippen LogP contribution is -2.00. The number of aromatic hydroxyl groups is 2. The molecule has 0 radical (unpaired) electrons.